The number of H-pyrrole nitrogens is 1. The van der Waals surface area contributed by atoms with Crippen LogP contribution in [0.2, 0.25) is 0 Å². The van der Waals surface area contributed by atoms with Crippen molar-refractivity contribution >= 4 is 5.95 Å². The molecule has 0 amide bonds. The highest BCUT2D eigenvalue weighted by molar-refractivity contribution is 5.53. The summed E-state index contributed by atoms with van der Waals surface area (Å²) in [6.45, 7) is 3.18. The highest BCUT2D eigenvalue weighted by Gasteiger charge is 2.36. The predicted molar refractivity (Wildman–Crippen MR) is 74.1 cm³/mol. The summed E-state index contributed by atoms with van der Waals surface area (Å²) < 4.78 is 0. The predicted octanol–water partition coefficient (Wildman–Crippen LogP) is 0.450. The van der Waals surface area contributed by atoms with Crippen LogP contribution in [-0.2, 0) is 0 Å². The Kier molecular flexibility index (Phi) is 2.84. The monoisotopic (exact) mass is 271 g/mol. The summed E-state index contributed by atoms with van der Waals surface area (Å²) in [4.78, 5) is 15.0. The first kappa shape index (κ1) is 11.8. The number of aromatic amines is 1. The smallest absolute Gasteiger partial charge is 0.245 e. The lowest BCUT2D eigenvalue weighted by atomic mass is 9.92. The van der Waals surface area contributed by atoms with E-state index in [2.05, 4.69) is 35.4 Å². The zero-order chi connectivity index (χ0) is 13.4. The number of anilines is 1. The first-order chi connectivity index (χ1) is 9.92. The molecule has 4 heterocycles. The minimum atomic E-state index is 0.527. The van der Waals surface area contributed by atoms with Gasteiger partial charge in [-0.3, -0.25) is 5.10 Å². The molecule has 0 aliphatic carbocycles. The first-order valence-electron chi connectivity index (χ1n) is 7.07. The van der Waals surface area contributed by atoms with E-state index in [-0.39, 0.29) is 0 Å². The standard InChI is InChI=1S/C13H17N7/c1-2-9-4-14-7-11(9)20(3-1)13-17-12(18-19-13)10-5-15-8-16-6-10/h5-6,8-9,11,14H,1-4,7H2,(H,17,18,19). The van der Waals surface area contributed by atoms with Crippen LogP contribution in [0.15, 0.2) is 18.7 Å². The van der Waals surface area contributed by atoms with Gasteiger partial charge in [0.05, 0.1) is 5.56 Å². The summed E-state index contributed by atoms with van der Waals surface area (Å²) in [6, 6.07) is 0.527. The molecule has 0 spiro atoms. The van der Waals surface area contributed by atoms with Crippen molar-refractivity contribution in [2.75, 3.05) is 24.5 Å². The Hall–Kier alpha value is -2.02. The van der Waals surface area contributed by atoms with E-state index in [0.29, 0.717) is 6.04 Å². The van der Waals surface area contributed by atoms with Crippen molar-refractivity contribution in [3.63, 3.8) is 0 Å². The van der Waals surface area contributed by atoms with E-state index in [4.69, 9.17) is 0 Å². The Morgan fingerprint density at radius 2 is 2.10 bits per heavy atom. The van der Waals surface area contributed by atoms with Gasteiger partial charge in [-0.2, -0.15) is 4.98 Å². The summed E-state index contributed by atoms with van der Waals surface area (Å²) >= 11 is 0. The van der Waals surface area contributed by atoms with E-state index in [0.717, 1.165) is 42.9 Å². The van der Waals surface area contributed by atoms with Gasteiger partial charge in [-0.25, -0.2) is 9.97 Å². The number of nitrogens with zero attached hydrogens (tertiary/aromatic N) is 5. The summed E-state index contributed by atoms with van der Waals surface area (Å²) in [5.74, 6) is 2.25. The molecular weight excluding hydrogens is 254 g/mol. The van der Waals surface area contributed by atoms with Crippen molar-refractivity contribution in [3.05, 3.63) is 18.7 Å². The minimum Gasteiger partial charge on any atom is -0.335 e. The van der Waals surface area contributed by atoms with Gasteiger partial charge in [-0.1, -0.05) is 0 Å². The van der Waals surface area contributed by atoms with Crippen LogP contribution < -0.4 is 10.2 Å². The second kappa shape index (κ2) is 4.82. The molecule has 20 heavy (non-hydrogen) atoms. The molecule has 2 saturated heterocycles. The molecule has 4 rings (SSSR count). The van der Waals surface area contributed by atoms with E-state index in [1.165, 1.54) is 19.2 Å². The number of rotatable bonds is 2. The maximum absolute atomic E-state index is 4.62. The number of fused-ring (bicyclic) bond motifs is 1. The largest absolute Gasteiger partial charge is 0.335 e. The number of hydrogen-bond donors (Lipinski definition) is 2. The molecule has 104 valence electrons. The van der Waals surface area contributed by atoms with E-state index < -0.39 is 0 Å². The zero-order valence-electron chi connectivity index (χ0n) is 11.2. The number of piperidine rings is 1. The fourth-order valence-electron chi connectivity index (χ4n) is 3.25. The Balaban J connectivity index is 1.61. The highest BCUT2D eigenvalue weighted by atomic mass is 15.4. The highest BCUT2D eigenvalue weighted by Crippen LogP contribution is 2.29. The van der Waals surface area contributed by atoms with Crippen LogP contribution >= 0.6 is 0 Å². The fourth-order valence-corrected chi connectivity index (χ4v) is 3.25. The van der Waals surface area contributed by atoms with Gasteiger partial charge < -0.3 is 10.2 Å². The quantitative estimate of drug-likeness (QED) is 0.825. The molecule has 2 atom stereocenters. The number of nitrogens with one attached hydrogen (secondary N) is 2. The van der Waals surface area contributed by atoms with Crippen LogP contribution in [0.3, 0.4) is 0 Å². The van der Waals surface area contributed by atoms with Crippen molar-refractivity contribution in [1.82, 2.24) is 30.5 Å². The van der Waals surface area contributed by atoms with E-state index in [9.17, 15) is 0 Å². The van der Waals surface area contributed by atoms with Crippen LogP contribution in [0, 0.1) is 5.92 Å². The van der Waals surface area contributed by atoms with Crippen LogP contribution in [0.5, 0.6) is 0 Å². The zero-order valence-corrected chi connectivity index (χ0v) is 11.2. The van der Waals surface area contributed by atoms with Crippen LogP contribution in [0.4, 0.5) is 5.95 Å². The Morgan fingerprint density at radius 1 is 1.20 bits per heavy atom. The van der Waals surface area contributed by atoms with E-state index >= 15 is 0 Å². The Bertz CT molecular complexity index is 581. The molecule has 2 fully saturated rings. The average molecular weight is 271 g/mol. The fraction of sp³-hybridized carbons (Fsp3) is 0.538. The topological polar surface area (TPSA) is 82.6 Å². The van der Waals surface area contributed by atoms with Crippen molar-refractivity contribution in [2.24, 2.45) is 5.92 Å². The minimum absolute atomic E-state index is 0.527. The molecule has 0 radical (unpaired) electrons. The third-order valence-electron chi connectivity index (χ3n) is 4.24. The average Bonchev–Trinajstić information content (AvgIpc) is 3.17. The van der Waals surface area contributed by atoms with E-state index in [1.54, 1.807) is 12.4 Å². The molecular formula is C13H17N7. The molecule has 7 heteroatoms. The van der Waals surface area contributed by atoms with Crippen LogP contribution in [-0.4, -0.2) is 50.8 Å². The van der Waals surface area contributed by atoms with Gasteiger partial charge >= 0.3 is 0 Å². The van der Waals surface area contributed by atoms with Gasteiger partial charge in [0.15, 0.2) is 5.82 Å². The summed E-state index contributed by atoms with van der Waals surface area (Å²) in [5.41, 5.74) is 0.865. The van der Waals surface area contributed by atoms with E-state index in [1.807, 2.05) is 0 Å². The van der Waals surface area contributed by atoms with Gasteiger partial charge in [0.25, 0.3) is 0 Å². The Labute approximate surface area is 116 Å². The summed E-state index contributed by atoms with van der Waals surface area (Å²) in [5, 5.41) is 10.9. The lowest BCUT2D eigenvalue weighted by Gasteiger charge is -2.36. The third kappa shape index (κ3) is 1.94. The maximum Gasteiger partial charge on any atom is 0.245 e. The molecule has 2 aromatic heterocycles. The molecule has 2 N–H and O–H groups in total. The first-order valence-corrected chi connectivity index (χ1v) is 7.07. The molecule has 7 nitrogen and oxygen atoms in total. The molecule has 2 unspecified atom stereocenters. The normalized spacial score (nSPS) is 25.7. The second-order valence-corrected chi connectivity index (χ2v) is 5.43. The van der Waals surface area contributed by atoms with Gasteiger partial charge in [0.1, 0.15) is 6.33 Å². The Morgan fingerprint density at radius 3 is 3.00 bits per heavy atom. The summed E-state index contributed by atoms with van der Waals surface area (Å²) in [6.07, 6.45) is 7.51. The van der Waals surface area contributed by atoms with Crippen molar-refractivity contribution < 1.29 is 0 Å². The number of aromatic nitrogens is 5. The third-order valence-corrected chi connectivity index (χ3v) is 4.24. The second-order valence-electron chi connectivity index (χ2n) is 5.43. The molecule has 0 aromatic carbocycles. The van der Waals surface area contributed by atoms with Crippen LogP contribution in [0.25, 0.3) is 11.4 Å². The lowest BCUT2D eigenvalue weighted by Crippen LogP contribution is -2.45. The van der Waals surface area contributed by atoms with Gasteiger partial charge in [0, 0.05) is 38.1 Å². The van der Waals surface area contributed by atoms with Gasteiger partial charge in [-0.05, 0) is 18.8 Å². The van der Waals surface area contributed by atoms with Gasteiger partial charge in [-0.15, -0.1) is 5.10 Å². The number of hydrogen-bond acceptors (Lipinski definition) is 6. The molecule has 2 aliphatic heterocycles. The summed E-state index contributed by atoms with van der Waals surface area (Å²) in [7, 11) is 0. The van der Waals surface area contributed by atoms with Crippen molar-refractivity contribution in [3.8, 4) is 11.4 Å². The van der Waals surface area contributed by atoms with Gasteiger partial charge in [0.2, 0.25) is 5.95 Å². The maximum atomic E-state index is 4.62. The molecule has 2 aromatic rings. The molecule has 0 saturated carbocycles. The lowest BCUT2D eigenvalue weighted by molar-refractivity contribution is 0.381. The SMILES string of the molecule is c1ncc(-c2nc(N3CCCC4CNCC43)n[nH]2)cn1. The van der Waals surface area contributed by atoms with Crippen LogP contribution in [0.1, 0.15) is 12.8 Å². The molecule has 0 bridgehead atoms. The van der Waals surface area contributed by atoms with Crippen molar-refractivity contribution in [2.45, 2.75) is 18.9 Å². The van der Waals surface area contributed by atoms with Crippen molar-refractivity contribution in [1.29, 1.82) is 0 Å². The molecule has 2 aliphatic rings.